The van der Waals surface area contributed by atoms with Gasteiger partial charge >= 0.3 is 0 Å². The molecule has 0 spiro atoms. The third kappa shape index (κ3) is 6.47. The highest BCUT2D eigenvalue weighted by Crippen LogP contribution is 2.47. The molecule has 0 aliphatic carbocycles. The first-order chi connectivity index (χ1) is 34.4. The molecule has 13 aromatic rings. The van der Waals surface area contributed by atoms with Gasteiger partial charge in [0, 0.05) is 32.9 Å². The van der Waals surface area contributed by atoms with E-state index < -0.39 is 0 Å². The fourth-order valence-electron chi connectivity index (χ4n) is 10.7. The maximum Gasteiger partial charge on any atom is 0.123 e. The normalized spacial score (nSPS) is 11.5. The van der Waals surface area contributed by atoms with Gasteiger partial charge in [-0.15, -0.1) is 0 Å². The molecule has 0 saturated heterocycles. The summed E-state index contributed by atoms with van der Waals surface area (Å²) in [5, 5.41) is 27.9. The van der Waals surface area contributed by atoms with Crippen molar-refractivity contribution >= 4 is 65.2 Å². The molecule has 0 N–H and O–H groups in total. The van der Waals surface area contributed by atoms with Crippen LogP contribution in [0, 0.1) is 34.3 Å². The lowest BCUT2D eigenvalue weighted by Gasteiger charge is -2.20. The van der Waals surface area contributed by atoms with Crippen molar-refractivity contribution in [3.05, 3.63) is 241 Å². The summed E-state index contributed by atoms with van der Waals surface area (Å²) in [5.74, 6) is -0.640. The smallest absolute Gasteiger partial charge is 0.123 e. The van der Waals surface area contributed by atoms with Crippen LogP contribution in [0.1, 0.15) is 11.1 Å². The molecule has 0 fully saturated rings. The zero-order valence-electron chi connectivity index (χ0n) is 37.3. The second-order valence-electron chi connectivity index (χ2n) is 17.8. The molecule has 0 unspecified atom stereocenters. The van der Waals surface area contributed by atoms with E-state index >= 15 is 0 Å². The number of para-hydroxylation sites is 2. The van der Waals surface area contributed by atoms with E-state index in [9.17, 15) is 19.3 Å². The maximum atomic E-state index is 14.8. The topological polar surface area (TPSA) is 57.4 Å². The first-order valence-electron chi connectivity index (χ1n) is 23.1. The Hall–Kier alpha value is -9.62. The van der Waals surface area contributed by atoms with E-state index in [1.165, 1.54) is 24.3 Å². The number of nitrogens with zero attached hydrogens (tertiary/aromatic N) is 4. The van der Waals surface area contributed by atoms with Gasteiger partial charge in [-0.05, 0) is 163 Å². The van der Waals surface area contributed by atoms with Crippen molar-refractivity contribution in [2.24, 2.45) is 0 Å². The highest BCUT2D eigenvalue weighted by molar-refractivity contribution is 6.23. The molecule has 0 aliphatic rings. The molecule has 70 heavy (non-hydrogen) atoms. The molecule has 13 rings (SSSR count). The quantitative estimate of drug-likeness (QED) is 0.156. The van der Waals surface area contributed by atoms with Crippen molar-refractivity contribution in [1.82, 2.24) is 9.13 Å². The molecule has 4 nitrogen and oxygen atoms in total. The number of fused-ring (bicyclic) bond motifs is 8. The third-order valence-electron chi connectivity index (χ3n) is 13.9. The van der Waals surface area contributed by atoms with E-state index in [2.05, 4.69) is 118 Å². The fourth-order valence-corrected chi connectivity index (χ4v) is 10.7. The van der Waals surface area contributed by atoms with Crippen LogP contribution in [0.25, 0.3) is 121 Å². The van der Waals surface area contributed by atoms with E-state index in [4.69, 9.17) is 0 Å². The predicted octanol–water partition coefficient (Wildman–Crippen LogP) is 16.9. The molecule has 2 heterocycles. The molecular weight excluding hydrogens is 863 g/mol. The fraction of sp³-hybridized carbons (Fsp3) is 0. The molecule has 0 bridgehead atoms. The minimum Gasteiger partial charge on any atom is -0.309 e. The van der Waals surface area contributed by atoms with Gasteiger partial charge in [-0.3, -0.25) is 0 Å². The van der Waals surface area contributed by atoms with E-state index in [1.54, 1.807) is 0 Å². The van der Waals surface area contributed by atoms with Gasteiger partial charge in [0.15, 0.2) is 0 Å². The van der Waals surface area contributed by atoms with E-state index in [0.717, 1.165) is 121 Å². The van der Waals surface area contributed by atoms with Crippen LogP contribution in [0.4, 0.5) is 8.78 Å². The number of hydrogen-bond donors (Lipinski definition) is 0. The summed E-state index contributed by atoms with van der Waals surface area (Å²) in [4.78, 5) is 0. The van der Waals surface area contributed by atoms with Crippen molar-refractivity contribution in [3.8, 4) is 68.0 Å². The zero-order valence-corrected chi connectivity index (χ0v) is 37.3. The zero-order chi connectivity index (χ0) is 47.0. The largest absolute Gasteiger partial charge is 0.309 e. The van der Waals surface area contributed by atoms with Crippen LogP contribution in [0.3, 0.4) is 0 Å². The van der Waals surface area contributed by atoms with E-state index in [1.807, 2.05) is 97.1 Å². The van der Waals surface area contributed by atoms with Gasteiger partial charge in [-0.1, -0.05) is 121 Å². The number of nitriles is 2. The third-order valence-corrected chi connectivity index (χ3v) is 13.9. The first kappa shape index (κ1) is 40.6. The van der Waals surface area contributed by atoms with Gasteiger partial charge in [0.05, 0.1) is 45.3 Å². The van der Waals surface area contributed by atoms with Crippen molar-refractivity contribution in [2.45, 2.75) is 0 Å². The molecule has 0 amide bonds. The number of aromatic nitrogens is 2. The van der Waals surface area contributed by atoms with Crippen LogP contribution in [0.15, 0.2) is 218 Å². The van der Waals surface area contributed by atoms with Crippen LogP contribution in [0.2, 0.25) is 0 Å². The first-order valence-corrected chi connectivity index (χ1v) is 23.1. The molecular formula is C64H36F2N4. The van der Waals surface area contributed by atoms with Gasteiger partial charge in [0.1, 0.15) is 11.6 Å². The molecule has 0 atom stereocenters. The highest BCUT2D eigenvalue weighted by Gasteiger charge is 2.21. The van der Waals surface area contributed by atoms with Gasteiger partial charge in [0.2, 0.25) is 0 Å². The second kappa shape index (κ2) is 16.0. The molecule has 0 radical (unpaired) electrons. The predicted molar refractivity (Wildman–Crippen MR) is 281 cm³/mol. The molecule has 11 aromatic carbocycles. The Labute approximate surface area is 401 Å². The average Bonchev–Trinajstić information content (AvgIpc) is 3.92. The lowest BCUT2D eigenvalue weighted by atomic mass is 9.84. The van der Waals surface area contributed by atoms with Crippen LogP contribution < -0.4 is 0 Å². The number of rotatable bonds is 6. The molecule has 326 valence electrons. The summed E-state index contributed by atoms with van der Waals surface area (Å²) < 4.78 is 34.0. The standard InChI is InChI=1S/C64H36F2N4/c65-47-21-13-41(14-22-47)63-56-30-20-44(46-18-28-54-52-26-12-40(38-68)32-60(52)70(62(54)36-46)50-9-5-2-6-10-50)34-58(56)64(42-15-23-48(66)24-16-42)55-29-19-43(33-57(55)63)45-17-27-53-51-25-11-39(37-67)31-59(51)69(61(53)35-45)49-7-3-1-4-8-49/h1-36H. The Bertz CT molecular complexity index is 4080. The van der Waals surface area contributed by atoms with Crippen molar-refractivity contribution in [1.29, 1.82) is 10.5 Å². The van der Waals surface area contributed by atoms with Gasteiger partial charge in [-0.2, -0.15) is 10.5 Å². The van der Waals surface area contributed by atoms with Crippen molar-refractivity contribution in [3.63, 3.8) is 0 Å². The summed E-state index contributed by atoms with van der Waals surface area (Å²) in [5.41, 5.74) is 14.8. The Morgan fingerprint density at radius 2 is 0.600 bits per heavy atom. The number of halogens is 2. The van der Waals surface area contributed by atoms with Crippen LogP contribution in [-0.2, 0) is 0 Å². The minimum absolute atomic E-state index is 0.320. The van der Waals surface area contributed by atoms with Crippen LogP contribution >= 0.6 is 0 Å². The van der Waals surface area contributed by atoms with E-state index in [0.29, 0.717) is 11.1 Å². The van der Waals surface area contributed by atoms with Crippen LogP contribution in [0.5, 0.6) is 0 Å². The van der Waals surface area contributed by atoms with Gasteiger partial charge in [0.25, 0.3) is 0 Å². The molecule has 6 heteroatoms. The maximum absolute atomic E-state index is 14.8. The van der Waals surface area contributed by atoms with Gasteiger partial charge in [-0.25, -0.2) is 8.78 Å². The molecule has 0 saturated carbocycles. The monoisotopic (exact) mass is 898 g/mol. The SMILES string of the molecule is N#Cc1ccc2c3ccc(-c4ccc5c(-c6ccc(F)cc6)c6cc(-c7ccc8c9ccc(C#N)cc9n(-c9ccccc9)c8c7)ccc6c(-c6ccc(F)cc6)c5c4)cc3n(-c3ccccc3)c2c1. The molecule has 0 aliphatic heterocycles. The second-order valence-corrected chi connectivity index (χ2v) is 17.8. The lowest BCUT2D eigenvalue weighted by Crippen LogP contribution is -1.95. The van der Waals surface area contributed by atoms with Crippen molar-refractivity contribution in [2.75, 3.05) is 0 Å². The summed E-state index contributed by atoms with van der Waals surface area (Å²) >= 11 is 0. The average molecular weight is 899 g/mol. The van der Waals surface area contributed by atoms with Crippen LogP contribution in [-0.4, -0.2) is 9.13 Å². The number of benzene rings is 11. The lowest BCUT2D eigenvalue weighted by molar-refractivity contribution is 0.627. The number of hydrogen-bond acceptors (Lipinski definition) is 2. The summed E-state index contributed by atoms with van der Waals surface area (Å²) in [6.07, 6.45) is 0. The Balaban J connectivity index is 1.07. The Morgan fingerprint density at radius 3 is 0.971 bits per heavy atom. The van der Waals surface area contributed by atoms with Crippen molar-refractivity contribution < 1.29 is 8.78 Å². The highest BCUT2D eigenvalue weighted by atomic mass is 19.1. The summed E-state index contributed by atoms with van der Waals surface area (Å²) in [6, 6.07) is 76.3. The minimum atomic E-state index is -0.320. The summed E-state index contributed by atoms with van der Waals surface area (Å²) in [6.45, 7) is 0. The van der Waals surface area contributed by atoms with Gasteiger partial charge < -0.3 is 9.13 Å². The summed E-state index contributed by atoms with van der Waals surface area (Å²) in [7, 11) is 0. The Kier molecular flexibility index (Phi) is 9.30. The van der Waals surface area contributed by atoms with E-state index in [-0.39, 0.29) is 11.6 Å². The molecule has 2 aromatic heterocycles. The Morgan fingerprint density at radius 1 is 0.286 bits per heavy atom.